The molecule has 1 heterocycles. The van der Waals surface area contributed by atoms with Crippen molar-refractivity contribution in [3.05, 3.63) is 0 Å². The molecular formula is C12H25N3. The molecule has 1 aliphatic carbocycles. The van der Waals surface area contributed by atoms with Gasteiger partial charge in [0, 0.05) is 38.8 Å². The van der Waals surface area contributed by atoms with Gasteiger partial charge in [0.05, 0.1) is 0 Å². The summed E-state index contributed by atoms with van der Waals surface area (Å²) in [5, 5.41) is 0. The topological polar surface area (TPSA) is 32.5 Å². The zero-order chi connectivity index (χ0) is 10.7. The van der Waals surface area contributed by atoms with Crippen molar-refractivity contribution in [2.75, 3.05) is 39.3 Å². The summed E-state index contributed by atoms with van der Waals surface area (Å²) in [6.07, 6.45) is 4.11. The second-order valence-corrected chi connectivity index (χ2v) is 5.02. The lowest BCUT2D eigenvalue weighted by Crippen LogP contribution is -2.53. The smallest absolute Gasteiger partial charge is 0.0247 e. The quantitative estimate of drug-likeness (QED) is 0.728. The molecule has 0 radical (unpaired) electrons. The Morgan fingerprint density at radius 3 is 2.33 bits per heavy atom. The first-order valence-corrected chi connectivity index (χ1v) is 6.51. The van der Waals surface area contributed by atoms with E-state index in [0.29, 0.717) is 6.04 Å². The Labute approximate surface area is 93.6 Å². The Morgan fingerprint density at radius 2 is 1.87 bits per heavy atom. The zero-order valence-electron chi connectivity index (χ0n) is 9.99. The van der Waals surface area contributed by atoms with Gasteiger partial charge in [0.25, 0.3) is 0 Å². The van der Waals surface area contributed by atoms with Crippen LogP contribution >= 0.6 is 0 Å². The van der Waals surface area contributed by atoms with Crippen molar-refractivity contribution < 1.29 is 0 Å². The molecule has 88 valence electrons. The van der Waals surface area contributed by atoms with Gasteiger partial charge in [-0.05, 0) is 31.7 Å². The molecule has 2 rings (SSSR count). The molecule has 1 aliphatic heterocycles. The van der Waals surface area contributed by atoms with Crippen molar-refractivity contribution in [3.63, 3.8) is 0 Å². The third-order valence-electron chi connectivity index (χ3n) is 3.82. The van der Waals surface area contributed by atoms with E-state index in [1.165, 1.54) is 52.0 Å². The molecule has 1 saturated carbocycles. The molecule has 0 aromatic rings. The van der Waals surface area contributed by atoms with E-state index in [9.17, 15) is 0 Å². The van der Waals surface area contributed by atoms with Crippen molar-refractivity contribution in [1.29, 1.82) is 0 Å². The summed E-state index contributed by atoms with van der Waals surface area (Å²) in [6, 6.07) is 0.689. The summed E-state index contributed by atoms with van der Waals surface area (Å²) in [5.41, 5.74) is 5.88. The van der Waals surface area contributed by atoms with E-state index in [-0.39, 0.29) is 0 Å². The molecule has 1 unspecified atom stereocenters. The Hall–Kier alpha value is -0.120. The molecular weight excluding hydrogens is 186 g/mol. The normalized spacial score (nSPS) is 26.8. The van der Waals surface area contributed by atoms with Crippen LogP contribution in [0.25, 0.3) is 0 Å². The molecule has 0 aromatic heterocycles. The van der Waals surface area contributed by atoms with E-state index < -0.39 is 0 Å². The first-order chi connectivity index (χ1) is 7.35. The number of hydrogen-bond acceptors (Lipinski definition) is 3. The first-order valence-electron chi connectivity index (χ1n) is 6.51. The van der Waals surface area contributed by atoms with Gasteiger partial charge in [-0.2, -0.15) is 0 Å². The van der Waals surface area contributed by atoms with Crippen molar-refractivity contribution >= 4 is 0 Å². The summed E-state index contributed by atoms with van der Waals surface area (Å²) < 4.78 is 0. The second-order valence-electron chi connectivity index (χ2n) is 5.02. The molecule has 2 N–H and O–H groups in total. The number of piperazine rings is 1. The molecule has 2 fully saturated rings. The molecule has 1 saturated heterocycles. The highest BCUT2D eigenvalue weighted by Crippen LogP contribution is 2.35. The molecule has 0 amide bonds. The van der Waals surface area contributed by atoms with Crippen molar-refractivity contribution in [3.8, 4) is 0 Å². The van der Waals surface area contributed by atoms with Crippen LogP contribution in [0.3, 0.4) is 0 Å². The zero-order valence-corrected chi connectivity index (χ0v) is 9.99. The maximum Gasteiger partial charge on any atom is 0.0247 e. The standard InChI is InChI=1S/C12H25N3/c1-2-5-14-6-8-15(9-7-14)12(10-13)11-3-4-11/h11-12H,2-10,13H2,1H3. The third kappa shape index (κ3) is 2.92. The van der Waals surface area contributed by atoms with E-state index in [2.05, 4.69) is 16.7 Å². The lowest BCUT2D eigenvalue weighted by molar-refractivity contribution is 0.0899. The first kappa shape index (κ1) is 11.4. The molecule has 2 aliphatic rings. The third-order valence-corrected chi connectivity index (χ3v) is 3.82. The van der Waals surface area contributed by atoms with E-state index in [1.807, 2.05) is 0 Å². The summed E-state index contributed by atoms with van der Waals surface area (Å²) in [7, 11) is 0. The van der Waals surface area contributed by atoms with Crippen LogP contribution in [0.15, 0.2) is 0 Å². The minimum absolute atomic E-state index is 0.689. The van der Waals surface area contributed by atoms with E-state index in [1.54, 1.807) is 0 Å². The maximum atomic E-state index is 5.88. The van der Waals surface area contributed by atoms with Crippen LogP contribution in [0.4, 0.5) is 0 Å². The van der Waals surface area contributed by atoms with Crippen molar-refractivity contribution in [2.45, 2.75) is 32.2 Å². The number of hydrogen-bond donors (Lipinski definition) is 1. The molecule has 0 aromatic carbocycles. The molecule has 15 heavy (non-hydrogen) atoms. The summed E-state index contributed by atoms with van der Waals surface area (Å²) in [6.45, 7) is 9.35. The fraction of sp³-hybridized carbons (Fsp3) is 1.00. The lowest BCUT2D eigenvalue weighted by atomic mass is 10.1. The highest BCUT2D eigenvalue weighted by Gasteiger charge is 2.35. The van der Waals surface area contributed by atoms with Crippen LogP contribution in [0.5, 0.6) is 0 Å². The highest BCUT2D eigenvalue weighted by molar-refractivity contribution is 4.90. The van der Waals surface area contributed by atoms with Crippen LogP contribution < -0.4 is 5.73 Å². The molecule has 3 nitrogen and oxygen atoms in total. The predicted molar refractivity (Wildman–Crippen MR) is 63.9 cm³/mol. The van der Waals surface area contributed by atoms with Crippen LogP contribution in [0, 0.1) is 5.92 Å². The Balaban J connectivity index is 1.76. The van der Waals surface area contributed by atoms with Crippen LogP contribution in [-0.2, 0) is 0 Å². The van der Waals surface area contributed by atoms with Gasteiger partial charge in [0.1, 0.15) is 0 Å². The van der Waals surface area contributed by atoms with Crippen molar-refractivity contribution in [1.82, 2.24) is 9.80 Å². The Morgan fingerprint density at radius 1 is 1.20 bits per heavy atom. The summed E-state index contributed by atoms with van der Waals surface area (Å²) in [4.78, 5) is 5.21. The largest absolute Gasteiger partial charge is 0.329 e. The average Bonchev–Trinajstić information content (AvgIpc) is 3.06. The van der Waals surface area contributed by atoms with E-state index in [4.69, 9.17) is 5.73 Å². The van der Waals surface area contributed by atoms with Gasteiger partial charge in [0.2, 0.25) is 0 Å². The number of nitrogens with zero attached hydrogens (tertiary/aromatic N) is 2. The molecule has 1 atom stereocenters. The number of nitrogens with two attached hydrogens (primary N) is 1. The molecule has 3 heteroatoms. The monoisotopic (exact) mass is 211 g/mol. The van der Waals surface area contributed by atoms with Crippen LogP contribution in [0.1, 0.15) is 26.2 Å². The fourth-order valence-electron chi connectivity index (χ4n) is 2.76. The van der Waals surface area contributed by atoms with Gasteiger partial charge < -0.3 is 10.6 Å². The summed E-state index contributed by atoms with van der Waals surface area (Å²) in [5.74, 6) is 0.924. The lowest BCUT2D eigenvalue weighted by Gasteiger charge is -2.39. The second kappa shape index (κ2) is 5.28. The SMILES string of the molecule is CCCN1CCN(C(CN)C2CC2)CC1. The Kier molecular flexibility index (Phi) is 4.00. The van der Waals surface area contributed by atoms with Gasteiger partial charge in [-0.1, -0.05) is 6.92 Å². The fourth-order valence-corrected chi connectivity index (χ4v) is 2.76. The van der Waals surface area contributed by atoms with Crippen LogP contribution in [-0.4, -0.2) is 55.1 Å². The van der Waals surface area contributed by atoms with Gasteiger partial charge in [-0.3, -0.25) is 4.90 Å². The molecule has 0 spiro atoms. The van der Waals surface area contributed by atoms with Gasteiger partial charge in [0.15, 0.2) is 0 Å². The minimum atomic E-state index is 0.689. The van der Waals surface area contributed by atoms with Crippen molar-refractivity contribution in [2.24, 2.45) is 11.7 Å². The minimum Gasteiger partial charge on any atom is -0.329 e. The van der Waals surface area contributed by atoms with E-state index >= 15 is 0 Å². The van der Waals surface area contributed by atoms with Crippen LogP contribution in [0.2, 0.25) is 0 Å². The van der Waals surface area contributed by atoms with Gasteiger partial charge in [-0.25, -0.2) is 0 Å². The predicted octanol–water partition coefficient (Wildman–Crippen LogP) is 0.751. The number of rotatable bonds is 5. The molecule has 0 bridgehead atoms. The van der Waals surface area contributed by atoms with Gasteiger partial charge in [-0.15, -0.1) is 0 Å². The highest BCUT2D eigenvalue weighted by atomic mass is 15.3. The average molecular weight is 211 g/mol. The maximum absolute atomic E-state index is 5.88. The van der Waals surface area contributed by atoms with E-state index in [0.717, 1.165) is 12.5 Å². The van der Waals surface area contributed by atoms with Gasteiger partial charge >= 0.3 is 0 Å². The summed E-state index contributed by atoms with van der Waals surface area (Å²) >= 11 is 0. The Bertz CT molecular complexity index is 183.